The van der Waals surface area contributed by atoms with Crippen molar-refractivity contribution >= 4 is 23.7 Å². The second kappa shape index (κ2) is 5.73. The summed E-state index contributed by atoms with van der Waals surface area (Å²) >= 11 is 5.20. The summed E-state index contributed by atoms with van der Waals surface area (Å²) in [6.07, 6.45) is 1.39. The van der Waals surface area contributed by atoms with Crippen LogP contribution in [0.5, 0.6) is 0 Å². The van der Waals surface area contributed by atoms with E-state index in [1.807, 2.05) is 0 Å². The van der Waals surface area contributed by atoms with E-state index < -0.39 is 12.1 Å². The number of rotatable bonds is 2. The maximum Gasteiger partial charge on any atom is 0.521 e. The average molecular weight is 179 g/mol. The molecule has 0 N–H and O–H groups in total. The summed E-state index contributed by atoms with van der Waals surface area (Å²) in [6, 6.07) is 0. The monoisotopic (exact) mass is 178 g/mol. The second-order valence-electron chi connectivity index (χ2n) is 1.49. The fourth-order valence-electron chi connectivity index (χ4n) is 0.281. The van der Waals surface area contributed by atoms with Crippen LogP contribution in [0.25, 0.3) is 0 Å². The van der Waals surface area contributed by atoms with E-state index in [-0.39, 0.29) is 5.88 Å². The normalized spacial score (nSPS) is 9.64. The Labute approximate surface area is 68.7 Å². The Morgan fingerprint density at radius 3 is 2.64 bits per heavy atom. The zero-order valence-electron chi connectivity index (χ0n) is 5.87. The van der Waals surface area contributed by atoms with Crippen LogP contribution in [0.4, 0.5) is 4.79 Å². The molecule has 0 atom stereocenters. The molecule has 0 bridgehead atoms. The van der Waals surface area contributed by atoms with Crippen molar-refractivity contribution in [1.82, 2.24) is 0 Å². The van der Waals surface area contributed by atoms with Gasteiger partial charge in [-0.25, -0.2) is 4.79 Å². The topological polar surface area (TPSA) is 52.6 Å². The lowest BCUT2D eigenvalue weighted by molar-refractivity contribution is -0.136. The quantitative estimate of drug-likeness (QED) is 0.278. The molecule has 0 aliphatic rings. The van der Waals surface area contributed by atoms with Crippen LogP contribution in [0.3, 0.4) is 0 Å². The van der Waals surface area contributed by atoms with Gasteiger partial charge in [0, 0.05) is 12.8 Å². The number of esters is 1. The lowest BCUT2D eigenvalue weighted by atomic mass is 10.7. The summed E-state index contributed by atoms with van der Waals surface area (Å²) < 4.78 is 8.25. The molecule has 11 heavy (non-hydrogen) atoms. The summed E-state index contributed by atoms with van der Waals surface area (Å²) in [4.78, 5) is 20.5. The van der Waals surface area contributed by atoms with Crippen molar-refractivity contribution in [3.8, 4) is 0 Å². The number of allylic oxidation sites excluding steroid dienone is 1. The van der Waals surface area contributed by atoms with E-state index in [4.69, 9.17) is 11.6 Å². The summed E-state index contributed by atoms with van der Waals surface area (Å²) in [5.74, 6) is -0.484. The molecule has 0 radical (unpaired) electrons. The van der Waals surface area contributed by atoms with Crippen molar-refractivity contribution in [2.24, 2.45) is 0 Å². The van der Waals surface area contributed by atoms with Crippen LogP contribution in [0.15, 0.2) is 12.3 Å². The first-order valence-electron chi connectivity index (χ1n) is 2.77. The van der Waals surface area contributed by atoms with Crippen molar-refractivity contribution < 1.29 is 19.1 Å². The van der Waals surface area contributed by atoms with Crippen LogP contribution in [-0.2, 0) is 14.3 Å². The largest absolute Gasteiger partial charge is 0.521 e. The maximum atomic E-state index is 10.4. The van der Waals surface area contributed by atoms with Crippen LogP contribution in [0.2, 0.25) is 0 Å². The Hall–Kier alpha value is -1.03. The minimum Gasteiger partial charge on any atom is -0.403 e. The predicted molar refractivity (Wildman–Crippen MR) is 38.1 cm³/mol. The van der Waals surface area contributed by atoms with Crippen LogP contribution in [0, 0.1) is 0 Å². The van der Waals surface area contributed by atoms with Gasteiger partial charge in [-0.1, -0.05) is 0 Å². The molecule has 0 fully saturated rings. The Morgan fingerprint density at radius 1 is 1.55 bits per heavy atom. The van der Waals surface area contributed by atoms with Gasteiger partial charge in [0.25, 0.3) is 0 Å². The number of carbonyl (C=O) groups excluding carboxylic acids is 2. The highest BCUT2D eigenvalue weighted by atomic mass is 35.5. The highest BCUT2D eigenvalue weighted by Crippen LogP contribution is 1.87. The third-order valence-corrected chi connectivity index (χ3v) is 0.755. The summed E-state index contributed by atoms with van der Waals surface area (Å²) in [6.45, 7) is 1.10. The van der Waals surface area contributed by atoms with Crippen molar-refractivity contribution in [1.29, 1.82) is 0 Å². The highest BCUT2D eigenvalue weighted by molar-refractivity contribution is 6.18. The minimum absolute atomic E-state index is 0.230. The highest BCUT2D eigenvalue weighted by Gasteiger charge is 2.03. The lowest BCUT2D eigenvalue weighted by Crippen LogP contribution is -2.07. The molecule has 0 aliphatic heterocycles. The molecule has 0 amide bonds. The number of ether oxygens (including phenoxy) is 2. The molecule has 0 aromatic carbocycles. The van der Waals surface area contributed by atoms with Gasteiger partial charge in [-0.2, -0.15) is 0 Å². The molecule has 4 nitrogen and oxygen atoms in total. The average Bonchev–Trinajstić information content (AvgIpc) is 1.86. The van der Waals surface area contributed by atoms with E-state index in [0.29, 0.717) is 0 Å². The Morgan fingerprint density at radius 2 is 2.18 bits per heavy atom. The maximum absolute atomic E-state index is 10.4. The predicted octanol–water partition coefficient (Wildman–Crippen LogP) is 1.44. The van der Waals surface area contributed by atoms with Gasteiger partial charge in [0.05, 0.1) is 6.26 Å². The van der Waals surface area contributed by atoms with Gasteiger partial charge in [-0.05, 0) is 6.08 Å². The van der Waals surface area contributed by atoms with E-state index in [1.165, 1.54) is 6.08 Å². The van der Waals surface area contributed by atoms with Crippen LogP contribution in [0.1, 0.15) is 6.92 Å². The standard InChI is InChI=1S/C6H7ClO4/c1-5(8)11-6(9)10-4-2-3-7/h2,4H,3H2,1H3/b4-2-. The van der Waals surface area contributed by atoms with Gasteiger partial charge < -0.3 is 9.47 Å². The van der Waals surface area contributed by atoms with Crippen LogP contribution >= 0.6 is 11.6 Å². The van der Waals surface area contributed by atoms with Crippen LogP contribution in [-0.4, -0.2) is 18.0 Å². The van der Waals surface area contributed by atoms with Gasteiger partial charge in [-0.15, -0.1) is 11.6 Å². The van der Waals surface area contributed by atoms with E-state index >= 15 is 0 Å². The Kier molecular flexibility index (Phi) is 5.20. The fourth-order valence-corrected chi connectivity index (χ4v) is 0.354. The number of halogens is 1. The van der Waals surface area contributed by atoms with Crippen molar-refractivity contribution in [2.75, 3.05) is 5.88 Å². The number of alkyl halides is 1. The molecular weight excluding hydrogens is 172 g/mol. The number of hydrogen-bond acceptors (Lipinski definition) is 4. The third-order valence-electron chi connectivity index (χ3n) is 0.577. The van der Waals surface area contributed by atoms with Crippen LogP contribution < -0.4 is 0 Å². The van der Waals surface area contributed by atoms with Gasteiger partial charge in [0.1, 0.15) is 0 Å². The molecular formula is C6H7ClO4. The zero-order valence-corrected chi connectivity index (χ0v) is 6.63. The van der Waals surface area contributed by atoms with E-state index in [0.717, 1.165) is 13.2 Å². The van der Waals surface area contributed by atoms with Gasteiger partial charge in [0.15, 0.2) is 0 Å². The summed E-state index contributed by atoms with van der Waals surface area (Å²) in [5, 5.41) is 0. The zero-order chi connectivity index (χ0) is 8.69. The van der Waals surface area contributed by atoms with Gasteiger partial charge in [-0.3, -0.25) is 4.79 Å². The molecule has 0 unspecified atom stereocenters. The first-order valence-corrected chi connectivity index (χ1v) is 3.30. The molecule has 0 spiro atoms. The van der Waals surface area contributed by atoms with E-state index in [1.54, 1.807) is 0 Å². The molecule has 0 heterocycles. The van der Waals surface area contributed by atoms with Crippen molar-refractivity contribution in [3.05, 3.63) is 12.3 Å². The first-order chi connectivity index (χ1) is 5.16. The molecule has 0 rings (SSSR count). The molecule has 0 aromatic rings. The van der Waals surface area contributed by atoms with Gasteiger partial charge in [0.2, 0.25) is 0 Å². The molecule has 0 aliphatic carbocycles. The minimum atomic E-state index is -1.06. The third kappa shape index (κ3) is 6.86. The first kappa shape index (κ1) is 9.97. The molecule has 0 saturated carbocycles. The van der Waals surface area contributed by atoms with Crippen molar-refractivity contribution in [3.63, 3.8) is 0 Å². The smallest absolute Gasteiger partial charge is 0.403 e. The number of carbonyl (C=O) groups is 2. The summed E-state index contributed by atoms with van der Waals surface area (Å²) in [7, 11) is 0. The lowest BCUT2D eigenvalue weighted by Gasteiger charge is -1.95. The number of hydrogen-bond donors (Lipinski definition) is 0. The van der Waals surface area contributed by atoms with E-state index in [9.17, 15) is 9.59 Å². The SMILES string of the molecule is CC(=O)OC(=O)O/C=C\CCl. The fraction of sp³-hybridized carbons (Fsp3) is 0.333. The molecule has 5 heteroatoms. The Bertz CT molecular complexity index is 175. The summed E-state index contributed by atoms with van der Waals surface area (Å²) in [5.41, 5.74) is 0. The van der Waals surface area contributed by atoms with Crippen molar-refractivity contribution in [2.45, 2.75) is 6.92 Å². The molecule has 0 saturated heterocycles. The molecule has 0 aromatic heterocycles. The van der Waals surface area contributed by atoms with E-state index in [2.05, 4.69) is 9.47 Å². The Balaban J connectivity index is 3.53. The van der Waals surface area contributed by atoms with Gasteiger partial charge >= 0.3 is 12.1 Å². The molecule has 62 valence electrons. The second-order valence-corrected chi connectivity index (χ2v) is 1.80.